The molecule has 1 heterocycles. The second-order valence-corrected chi connectivity index (χ2v) is 4.11. The minimum Gasteiger partial charge on any atom is -0.466 e. The van der Waals surface area contributed by atoms with Gasteiger partial charge in [0.25, 0.3) is 0 Å². The van der Waals surface area contributed by atoms with Crippen molar-refractivity contribution in [3.63, 3.8) is 0 Å². The molecule has 112 valence electrons. The number of aliphatic hydroxyl groups excluding tert-OH is 2. The molecule has 0 fully saturated rings. The largest absolute Gasteiger partial charge is 0.466 e. The second kappa shape index (κ2) is 7.01. The number of hydrogen-bond acceptors (Lipinski definition) is 7. The number of carbonyl (C=O) groups is 2. The van der Waals surface area contributed by atoms with Gasteiger partial charge in [-0.05, 0) is 6.92 Å². The van der Waals surface area contributed by atoms with Crippen LogP contribution in [-0.4, -0.2) is 51.5 Å². The molecule has 1 aromatic heterocycles. The standard InChI is InChI=1S/C12H18N2O6/c1-4-20-9(16)5-8(15)10(17)7-6-14(2)11(13-7)12(18)19-3/h6,8,10,15,17H,4-5H2,1-3H3. The van der Waals surface area contributed by atoms with Crippen LogP contribution in [0, 0.1) is 0 Å². The van der Waals surface area contributed by atoms with Crippen LogP contribution in [0.3, 0.4) is 0 Å². The molecule has 0 amide bonds. The smallest absolute Gasteiger partial charge is 0.374 e. The van der Waals surface area contributed by atoms with Crippen molar-refractivity contribution < 1.29 is 29.3 Å². The van der Waals surface area contributed by atoms with E-state index >= 15 is 0 Å². The van der Waals surface area contributed by atoms with Crippen LogP contribution in [0.5, 0.6) is 0 Å². The van der Waals surface area contributed by atoms with E-state index in [-0.39, 0.29) is 24.5 Å². The molecule has 0 aliphatic heterocycles. The number of methoxy groups -OCH3 is 1. The highest BCUT2D eigenvalue weighted by molar-refractivity contribution is 5.85. The topological polar surface area (TPSA) is 111 Å². The Morgan fingerprint density at radius 3 is 2.65 bits per heavy atom. The summed E-state index contributed by atoms with van der Waals surface area (Å²) in [4.78, 5) is 26.5. The third kappa shape index (κ3) is 3.78. The van der Waals surface area contributed by atoms with E-state index in [2.05, 4.69) is 14.5 Å². The number of aromatic nitrogens is 2. The van der Waals surface area contributed by atoms with Gasteiger partial charge < -0.3 is 24.3 Å². The van der Waals surface area contributed by atoms with Crippen LogP contribution in [0.1, 0.15) is 35.8 Å². The number of carbonyl (C=O) groups excluding carboxylic acids is 2. The van der Waals surface area contributed by atoms with Crippen LogP contribution < -0.4 is 0 Å². The van der Waals surface area contributed by atoms with Gasteiger partial charge in [-0.3, -0.25) is 4.79 Å². The van der Waals surface area contributed by atoms with Crippen molar-refractivity contribution in [1.29, 1.82) is 0 Å². The van der Waals surface area contributed by atoms with E-state index in [4.69, 9.17) is 0 Å². The van der Waals surface area contributed by atoms with Gasteiger partial charge in [0, 0.05) is 13.2 Å². The van der Waals surface area contributed by atoms with E-state index in [1.165, 1.54) is 17.9 Å². The fraction of sp³-hybridized carbons (Fsp3) is 0.583. The van der Waals surface area contributed by atoms with Gasteiger partial charge in [0.1, 0.15) is 6.10 Å². The summed E-state index contributed by atoms with van der Waals surface area (Å²) in [5.41, 5.74) is 0.0738. The molecular weight excluding hydrogens is 268 g/mol. The predicted octanol–water partition coefficient (Wildman–Crippen LogP) is -0.446. The zero-order valence-corrected chi connectivity index (χ0v) is 11.6. The van der Waals surface area contributed by atoms with E-state index in [1.54, 1.807) is 14.0 Å². The number of rotatable bonds is 6. The van der Waals surface area contributed by atoms with Gasteiger partial charge in [0.2, 0.25) is 5.82 Å². The van der Waals surface area contributed by atoms with Gasteiger partial charge in [-0.15, -0.1) is 0 Å². The molecule has 2 N–H and O–H groups in total. The Labute approximate surface area is 115 Å². The summed E-state index contributed by atoms with van der Waals surface area (Å²) in [6, 6.07) is 0. The Hall–Kier alpha value is -1.93. The number of ether oxygens (including phenoxy) is 2. The van der Waals surface area contributed by atoms with Crippen molar-refractivity contribution in [1.82, 2.24) is 9.55 Å². The van der Waals surface area contributed by atoms with E-state index in [9.17, 15) is 19.8 Å². The number of imidazole rings is 1. The summed E-state index contributed by atoms with van der Waals surface area (Å²) in [5, 5.41) is 19.7. The SMILES string of the molecule is CCOC(=O)CC(O)C(O)c1cn(C)c(C(=O)OC)n1. The Bertz CT molecular complexity index is 484. The van der Waals surface area contributed by atoms with Gasteiger partial charge >= 0.3 is 11.9 Å². The monoisotopic (exact) mass is 286 g/mol. The lowest BCUT2D eigenvalue weighted by molar-refractivity contribution is -0.147. The molecule has 0 aliphatic rings. The highest BCUT2D eigenvalue weighted by Crippen LogP contribution is 2.19. The molecule has 0 bridgehead atoms. The molecule has 2 atom stereocenters. The summed E-state index contributed by atoms with van der Waals surface area (Å²) in [6.45, 7) is 1.83. The van der Waals surface area contributed by atoms with Crippen molar-refractivity contribution in [2.45, 2.75) is 25.6 Å². The lowest BCUT2D eigenvalue weighted by Gasteiger charge is -2.14. The van der Waals surface area contributed by atoms with E-state index in [0.717, 1.165) is 0 Å². The summed E-state index contributed by atoms with van der Waals surface area (Å²) < 4.78 is 10.6. The minimum atomic E-state index is -1.40. The molecule has 0 saturated heterocycles. The molecule has 1 aromatic rings. The lowest BCUT2D eigenvalue weighted by atomic mass is 10.1. The van der Waals surface area contributed by atoms with E-state index in [0.29, 0.717) is 0 Å². The molecule has 0 saturated carbocycles. The first kappa shape index (κ1) is 16.1. The van der Waals surface area contributed by atoms with Gasteiger partial charge in [-0.2, -0.15) is 0 Å². The third-order valence-corrected chi connectivity index (χ3v) is 2.61. The summed E-state index contributed by atoms with van der Waals surface area (Å²) in [5.74, 6) is -1.29. The van der Waals surface area contributed by atoms with Crippen LogP contribution in [0.2, 0.25) is 0 Å². The number of esters is 2. The molecule has 8 heteroatoms. The summed E-state index contributed by atoms with van der Waals surface area (Å²) in [6.07, 6.45) is -1.75. The molecule has 20 heavy (non-hydrogen) atoms. The van der Waals surface area contributed by atoms with Crippen LogP contribution in [0.4, 0.5) is 0 Å². The van der Waals surface area contributed by atoms with Crippen LogP contribution >= 0.6 is 0 Å². The highest BCUT2D eigenvalue weighted by Gasteiger charge is 2.26. The molecule has 0 spiro atoms. The maximum atomic E-state index is 11.4. The molecule has 8 nitrogen and oxygen atoms in total. The van der Waals surface area contributed by atoms with E-state index in [1.807, 2.05) is 0 Å². The average molecular weight is 286 g/mol. The number of aryl methyl sites for hydroxylation is 1. The molecule has 2 unspecified atom stereocenters. The zero-order chi connectivity index (χ0) is 15.3. The molecule has 1 rings (SSSR count). The second-order valence-electron chi connectivity index (χ2n) is 4.11. The maximum Gasteiger partial charge on any atom is 0.374 e. The maximum absolute atomic E-state index is 11.4. The summed E-state index contributed by atoms with van der Waals surface area (Å²) >= 11 is 0. The van der Waals surface area contributed by atoms with Gasteiger partial charge in [-0.25, -0.2) is 9.78 Å². The summed E-state index contributed by atoms with van der Waals surface area (Å²) in [7, 11) is 2.76. The fourth-order valence-electron chi connectivity index (χ4n) is 1.61. The Kier molecular flexibility index (Phi) is 5.66. The van der Waals surface area contributed by atoms with Gasteiger partial charge in [0.15, 0.2) is 0 Å². The quantitative estimate of drug-likeness (QED) is 0.681. The number of aliphatic hydroxyl groups is 2. The highest BCUT2D eigenvalue weighted by atomic mass is 16.5. The van der Waals surface area contributed by atoms with E-state index < -0.39 is 24.1 Å². The van der Waals surface area contributed by atoms with Crippen LogP contribution in [0.15, 0.2) is 6.20 Å². The normalized spacial score (nSPS) is 13.7. The Morgan fingerprint density at radius 2 is 2.10 bits per heavy atom. The van der Waals surface area contributed by atoms with Crippen molar-refractivity contribution in [3.8, 4) is 0 Å². The minimum absolute atomic E-state index is 0.00937. The van der Waals surface area contributed by atoms with Crippen LogP contribution in [0.25, 0.3) is 0 Å². The van der Waals surface area contributed by atoms with Crippen molar-refractivity contribution in [3.05, 3.63) is 17.7 Å². The average Bonchev–Trinajstić information content (AvgIpc) is 2.79. The van der Waals surface area contributed by atoms with Gasteiger partial charge in [0.05, 0.1) is 31.9 Å². The predicted molar refractivity (Wildman–Crippen MR) is 66.8 cm³/mol. The van der Waals surface area contributed by atoms with Crippen molar-refractivity contribution >= 4 is 11.9 Å². The fourth-order valence-corrected chi connectivity index (χ4v) is 1.61. The molecular formula is C12H18N2O6. The van der Waals surface area contributed by atoms with Crippen molar-refractivity contribution in [2.75, 3.05) is 13.7 Å². The number of hydrogen-bond donors (Lipinski definition) is 2. The van der Waals surface area contributed by atoms with Crippen LogP contribution in [-0.2, 0) is 21.3 Å². The molecule has 0 aromatic carbocycles. The molecule has 0 aliphatic carbocycles. The Morgan fingerprint density at radius 1 is 1.45 bits per heavy atom. The van der Waals surface area contributed by atoms with Gasteiger partial charge in [-0.1, -0.05) is 0 Å². The third-order valence-electron chi connectivity index (χ3n) is 2.61. The number of nitrogens with zero attached hydrogens (tertiary/aromatic N) is 2. The first-order valence-corrected chi connectivity index (χ1v) is 6.04. The first-order chi connectivity index (χ1) is 9.40. The van der Waals surface area contributed by atoms with Crippen molar-refractivity contribution in [2.24, 2.45) is 7.05 Å². The first-order valence-electron chi connectivity index (χ1n) is 6.04. The molecule has 0 radical (unpaired) electrons. The zero-order valence-electron chi connectivity index (χ0n) is 11.6. The lowest BCUT2D eigenvalue weighted by Crippen LogP contribution is -2.23. The Balaban J connectivity index is 2.79.